The van der Waals surface area contributed by atoms with Gasteiger partial charge in [0.15, 0.2) is 5.69 Å². The maximum atomic E-state index is 11.1. The van der Waals surface area contributed by atoms with Crippen molar-refractivity contribution in [3.8, 4) is 11.3 Å². The van der Waals surface area contributed by atoms with E-state index in [1.54, 1.807) is 11.4 Å². The lowest BCUT2D eigenvalue weighted by molar-refractivity contribution is 0.0691. The Hall–Kier alpha value is -1.98. The third-order valence-corrected chi connectivity index (χ3v) is 3.54. The van der Waals surface area contributed by atoms with Crippen LogP contribution in [0, 0.1) is 6.92 Å². The van der Waals surface area contributed by atoms with Crippen molar-refractivity contribution in [1.29, 1.82) is 0 Å². The second-order valence-corrected chi connectivity index (χ2v) is 4.87. The topological polar surface area (TPSA) is 76.2 Å². The van der Waals surface area contributed by atoms with Gasteiger partial charge in [0.05, 0.1) is 16.4 Å². The molecule has 0 saturated carbocycles. The van der Waals surface area contributed by atoms with Crippen LogP contribution in [-0.2, 0) is 0 Å². The van der Waals surface area contributed by atoms with Gasteiger partial charge in [-0.2, -0.15) is 0 Å². The number of aryl methyl sites for hydroxylation is 1. The molecule has 0 aliphatic carbocycles. The number of nitrogens with two attached hydrogens (primary N) is 1. The number of nitrogens with zero attached hydrogens (tertiary/aromatic N) is 1. The van der Waals surface area contributed by atoms with Crippen molar-refractivity contribution >= 4 is 40.8 Å². The zero-order chi connectivity index (χ0) is 14.9. The van der Waals surface area contributed by atoms with Crippen LogP contribution in [0.3, 0.4) is 0 Å². The minimum absolute atomic E-state index is 0.0524. The Morgan fingerprint density at radius 3 is 2.75 bits per heavy atom. The van der Waals surface area contributed by atoms with Gasteiger partial charge in [-0.3, -0.25) is 0 Å². The van der Waals surface area contributed by atoms with E-state index in [9.17, 15) is 4.79 Å². The van der Waals surface area contributed by atoms with E-state index in [0.717, 1.165) is 16.7 Å². The number of carboxylic acids is 1. The molecular formula is C14H11ClN2O2S. The van der Waals surface area contributed by atoms with Gasteiger partial charge in [-0.1, -0.05) is 36.0 Å². The molecule has 4 nitrogen and oxygen atoms in total. The van der Waals surface area contributed by atoms with Gasteiger partial charge in [0.2, 0.25) is 0 Å². The molecule has 2 aromatic rings. The Kier molecular flexibility index (Phi) is 4.01. The first-order valence-electron chi connectivity index (χ1n) is 5.69. The zero-order valence-corrected chi connectivity index (χ0v) is 12.1. The molecule has 0 aliphatic heterocycles. The Morgan fingerprint density at radius 1 is 1.45 bits per heavy atom. The number of hydrogen-bond acceptors (Lipinski definition) is 4. The summed E-state index contributed by atoms with van der Waals surface area (Å²) in [6.07, 6.45) is 0. The first-order valence-corrected chi connectivity index (χ1v) is 6.54. The molecular weight excluding hydrogens is 296 g/mol. The summed E-state index contributed by atoms with van der Waals surface area (Å²) in [4.78, 5) is 15.2. The molecule has 1 aromatic heterocycles. The highest BCUT2D eigenvalue weighted by atomic mass is 35.5. The zero-order valence-electron chi connectivity index (χ0n) is 10.6. The molecule has 0 amide bonds. The average molecular weight is 307 g/mol. The first-order chi connectivity index (χ1) is 9.43. The number of nitrogen functional groups attached to an aromatic ring is 1. The Labute approximate surface area is 126 Å². The number of pyridine rings is 1. The lowest BCUT2D eigenvalue weighted by Gasteiger charge is -2.08. The number of carboxylic acid groups (broad SMARTS) is 1. The Morgan fingerprint density at radius 2 is 2.15 bits per heavy atom. The van der Waals surface area contributed by atoms with Crippen molar-refractivity contribution < 1.29 is 9.90 Å². The van der Waals surface area contributed by atoms with Crippen LogP contribution in [-0.4, -0.2) is 21.4 Å². The molecule has 0 bridgehead atoms. The van der Waals surface area contributed by atoms with Crippen molar-refractivity contribution in [3.05, 3.63) is 46.1 Å². The van der Waals surface area contributed by atoms with E-state index in [1.807, 2.05) is 25.1 Å². The van der Waals surface area contributed by atoms with E-state index >= 15 is 0 Å². The number of benzene rings is 1. The van der Waals surface area contributed by atoms with Crippen molar-refractivity contribution in [1.82, 2.24) is 4.98 Å². The summed E-state index contributed by atoms with van der Waals surface area (Å²) in [7, 11) is 0. The van der Waals surface area contributed by atoms with Gasteiger partial charge in [0.25, 0.3) is 0 Å². The molecule has 102 valence electrons. The number of aromatic carboxylic acids is 1. The monoisotopic (exact) mass is 306 g/mol. The minimum Gasteiger partial charge on any atom is -0.476 e. The van der Waals surface area contributed by atoms with Gasteiger partial charge in [-0.15, -0.1) is 0 Å². The number of anilines is 1. The number of thiocarbonyl (C=S) groups is 1. The van der Waals surface area contributed by atoms with E-state index in [4.69, 9.17) is 34.7 Å². The summed E-state index contributed by atoms with van der Waals surface area (Å²) in [5.41, 5.74) is 8.75. The third kappa shape index (κ3) is 2.64. The van der Waals surface area contributed by atoms with Crippen LogP contribution in [0.1, 0.15) is 21.6 Å². The van der Waals surface area contributed by atoms with Gasteiger partial charge in [0.1, 0.15) is 0 Å². The van der Waals surface area contributed by atoms with Gasteiger partial charge in [0, 0.05) is 10.9 Å². The molecule has 0 unspecified atom stereocenters. The van der Waals surface area contributed by atoms with E-state index in [0.29, 0.717) is 5.69 Å². The van der Waals surface area contributed by atoms with E-state index < -0.39 is 5.97 Å². The molecule has 0 saturated heterocycles. The second-order valence-electron chi connectivity index (χ2n) is 4.25. The second kappa shape index (κ2) is 5.56. The lowest BCUT2D eigenvalue weighted by atomic mass is 10.0. The molecule has 3 N–H and O–H groups in total. The average Bonchev–Trinajstić information content (AvgIpc) is 2.42. The quantitative estimate of drug-likeness (QED) is 0.851. The maximum absolute atomic E-state index is 11.1. The number of aromatic nitrogens is 1. The van der Waals surface area contributed by atoms with Gasteiger partial charge >= 0.3 is 5.97 Å². The summed E-state index contributed by atoms with van der Waals surface area (Å²) < 4.78 is 0. The number of carbonyl (C=O) groups is 1. The minimum atomic E-state index is -1.22. The predicted molar refractivity (Wildman–Crippen MR) is 83.5 cm³/mol. The van der Waals surface area contributed by atoms with Gasteiger partial charge in [-0.05, 0) is 30.2 Å². The van der Waals surface area contributed by atoms with Crippen LogP contribution in [0.2, 0.25) is 5.02 Å². The Balaban J connectivity index is 2.64. The summed E-state index contributed by atoms with van der Waals surface area (Å²) in [5.74, 6) is -1.22. The van der Waals surface area contributed by atoms with Crippen LogP contribution in [0.25, 0.3) is 11.3 Å². The van der Waals surface area contributed by atoms with Crippen LogP contribution in [0.15, 0.2) is 24.3 Å². The fourth-order valence-corrected chi connectivity index (χ4v) is 2.20. The summed E-state index contributed by atoms with van der Waals surface area (Å²) in [6.45, 7) is 1.94. The first kappa shape index (κ1) is 14.4. The summed E-state index contributed by atoms with van der Waals surface area (Å²) >= 11 is 10.8. The molecule has 0 fully saturated rings. The molecule has 0 spiro atoms. The fourth-order valence-electron chi connectivity index (χ4n) is 1.77. The molecule has 6 heteroatoms. The molecule has 0 aliphatic rings. The SMILES string of the molecule is Cc1ccc(-c2cc(N)c(Cl)c(C(=O)O)n2)cc1C=S. The van der Waals surface area contributed by atoms with Crippen LogP contribution in [0.5, 0.6) is 0 Å². The fraction of sp³-hybridized carbons (Fsp3) is 0.0714. The van der Waals surface area contributed by atoms with Crippen molar-refractivity contribution in [3.63, 3.8) is 0 Å². The molecule has 1 heterocycles. The maximum Gasteiger partial charge on any atom is 0.356 e. The molecule has 0 radical (unpaired) electrons. The summed E-state index contributed by atoms with van der Waals surface area (Å²) in [6, 6.07) is 7.11. The highest BCUT2D eigenvalue weighted by Crippen LogP contribution is 2.28. The smallest absolute Gasteiger partial charge is 0.356 e. The molecule has 2 rings (SSSR count). The summed E-state index contributed by atoms with van der Waals surface area (Å²) in [5, 5.41) is 10.6. The predicted octanol–water partition coefficient (Wildman–Crippen LogP) is 3.34. The number of halogens is 1. The largest absolute Gasteiger partial charge is 0.476 e. The van der Waals surface area contributed by atoms with E-state index in [1.165, 1.54) is 0 Å². The van der Waals surface area contributed by atoms with Crippen LogP contribution in [0.4, 0.5) is 5.69 Å². The van der Waals surface area contributed by atoms with Crippen molar-refractivity contribution in [2.75, 3.05) is 5.73 Å². The van der Waals surface area contributed by atoms with Crippen molar-refractivity contribution in [2.45, 2.75) is 6.92 Å². The number of rotatable bonds is 3. The normalized spacial score (nSPS) is 10.3. The van der Waals surface area contributed by atoms with Crippen molar-refractivity contribution in [2.24, 2.45) is 0 Å². The van der Waals surface area contributed by atoms with Crippen LogP contribution >= 0.6 is 23.8 Å². The standard InChI is InChI=1S/C14H11ClN2O2S/c1-7-2-3-8(4-9(7)6-20)11-5-10(16)12(15)13(17-11)14(18)19/h2-6H,1H3,(H2,16,17)(H,18,19). The van der Waals surface area contributed by atoms with E-state index in [-0.39, 0.29) is 16.4 Å². The van der Waals surface area contributed by atoms with Gasteiger partial charge in [-0.25, -0.2) is 9.78 Å². The Bertz CT molecular complexity index is 717. The van der Waals surface area contributed by atoms with Crippen LogP contribution < -0.4 is 5.73 Å². The highest BCUT2D eigenvalue weighted by molar-refractivity contribution is 7.79. The third-order valence-electron chi connectivity index (χ3n) is 2.89. The molecule has 0 atom stereocenters. The van der Waals surface area contributed by atoms with Gasteiger partial charge < -0.3 is 10.8 Å². The highest BCUT2D eigenvalue weighted by Gasteiger charge is 2.16. The molecule has 1 aromatic carbocycles. The lowest BCUT2D eigenvalue weighted by Crippen LogP contribution is -2.05. The number of hydrogen-bond donors (Lipinski definition) is 2. The molecule has 20 heavy (non-hydrogen) atoms. The van der Waals surface area contributed by atoms with E-state index in [2.05, 4.69) is 4.98 Å².